The lowest BCUT2D eigenvalue weighted by Gasteiger charge is -2.32. The average molecular weight is 488 g/mol. The van der Waals surface area contributed by atoms with Gasteiger partial charge in [0.15, 0.2) is 0 Å². The van der Waals surface area contributed by atoms with Crippen molar-refractivity contribution in [2.24, 2.45) is 0 Å². The summed E-state index contributed by atoms with van der Waals surface area (Å²) in [7, 11) is 1.56. The molecule has 1 aliphatic rings. The molecule has 0 bridgehead atoms. The first-order chi connectivity index (χ1) is 16.9. The topological polar surface area (TPSA) is 138 Å². The van der Waals surface area contributed by atoms with Crippen LogP contribution in [0.2, 0.25) is 0 Å². The van der Waals surface area contributed by atoms with Gasteiger partial charge in [0.2, 0.25) is 11.8 Å². The highest BCUT2D eigenvalue weighted by molar-refractivity contribution is 5.91. The quantitative estimate of drug-likeness (QED) is 0.412. The number of aliphatic hydroxyl groups is 1. The SMILES string of the molecule is COC[C@@H](C)Oc1nc(C(=O)N[C@H](C)CO)nc(N2CCC(c3c[nH]c4nccc(F)c34)CC2)n1. The van der Waals surface area contributed by atoms with Gasteiger partial charge in [0.1, 0.15) is 17.6 Å². The molecule has 0 aromatic carbocycles. The Hall–Kier alpha value is -3.38. The van der Waals surface area contributed by atoms with E-state index >= 15 is 0 Å². The molecule has 1 saturated heterocycles. The van der Waals surface area contributed by atoms with E-state index in [-0.39, 0.29) is 36.3 Å². The molecule has 0 unspecified atom stereocenters. The van der Waals surface area contributed by atoms with Gasteiger partial charge in [-0.1, -0.05) is 0 Å². The van der Waals surface area contributed by atoms with Gasteiger partial charge in [-0.15, -0.1) is 0 Å². The number of aliphatic hydroxyl groups excluding tert-OH is 1. The minimum atomic E-state index is -0.531. The van der Waals surface area contributed by atoms with E-state index in [0.717, 1.165) is 18.4 Å². The van der Waals surface area contributed by atoms with E-state index in [9.17, 15) is 14.3 Å². The van der Waals surface area contributed by atoms with E-state index in [0.29, 0.717) is 36.7 Å². The van der Waals surface area contributed by atoms with Gasteiger partial charge in [0, 0.05) is 38.6 Å². The monoisotopic (exact) mass is 487 g/mol. The first kappa shape index (κ1) is 24.7. The molecule has 0 saturated carbocycles. The third-order valence-corrected chi connectivity index (χ3v) is 5.94. The van der Waals surface area contributed by atoms with E-state index in [1.54, 1.807) is 21.0 Å². The number of methoxy groups -OCH3 is 1. The van der Waals surface area contributed by atoms with Crippen molar-refractivity contribution < 1.29 is 23.8 Å². The van der Waals surface area contributed by atoms with E-state index in [1.807, 2.05) is 11.1 Å². The molecule has 4 heterocycles. The number of fused-ring (bicyclic) bond motifs is 1. The first-order valence-electron chi connectivity index (χ1n) is 11.6. The van der Waals surface area contributed by atoms with E-state index in [1.165, 1.54) is 12.3 Å². The van der Waals surface area contributed by atoms with Crippen LogP contribution >= 0.6 is 0 Å². The fraction of sp³-hybridized carbons (Fsp3) is 0.522. The van der Waals surface area contributed by atoms with Gasteiger partial charge in [-0.3, -0.25) is 4.79 Å². The van der Waals surface area contributed by atoms with Crippen LogP contribution in [0.4, 0.5) is 10.3 Å². The third kappa shape index (κ3) is 5.65. The molecule has 1 amide bonds. The summed E-state index contributed by atoms with van der Waals surface area (Å²) in [5.74, 6) is -0.443. The summed E-state index contributed by atoms with van der Waals surface area (Å²) in [6.45, 7) is 4.79. The highest BCUT2D eigenvalue weighted by atomic mass is 19.1. The summed E-state index contributed by atoms with van der Waals surface area (Å²) in [6, 6.07) is 0.935. The van der Waals surface area contributed by atoms with Gasteiger partial charge >= 0.3 is 6.01 Å². The van der Waals surface area contributed by atoms with Crippen LogP contribution in [-0.2, 0) is 4.74 Å². The minimum Gasteiger partial charge on any atom is -0.458 e. The van der Waals surface area contributed by atoms with Crippen LogP contribution in [0, 0.1) is 5.82 Å². The summed E-state index contributed by atoms with van der Waals surface area (Å²) in [5, 5.41) is 12.4. The van der Waals surface area contributed by atoms with Crippen molar-refractivity contribution in [2.75, 3.05) is 38.3 Å². The van der Waals surface area contributed by atoms with E-state index in [2.05, 4.69) is 30.2 Å². The minimum absolute atomic E-state index is 0.0215. The molecule has 0 spiro atoms. The molecule has 35 heavy (non-hydrogen) atoms. The second kappa shape index (κ2) is 10.9. The van der Waals surface area contributed by atoms with Crippen LogP contribution in [0.1, 0.15) is 48.8 Å². The molecular weight excluding hydrogens is 457 g/mol. The molecule has 3 aromatic rings. The first-order valence-corrected chi connectivity index (χ1v) is 11.6. The number of aromatic amines is 1. The van der Waals surface area contributed by atoms with Crippen LogP contribution < -0.4 is 15.0 Å². The van der Waals surface area contributed by atoms with Crippen molar-refractivity contribution in [3.8, 4) is 6.01 Å². The Morgan fingerprint density at radius 1 is 1.31 bits per heavy atom. The Morgan fingerprint density at radius 3 is 2.80 bits per heavy atom. The number of anilines is 1. The number of nitrogens with zero attached hydrogens (tertiary/aromatic N) is 5. The van der Waals surface area contributed by atoms with Crippen LogP contribution in [0.15, 0.2) is 18.5 Å². The Balaban J connectivity index is 1.54. The molecule has 12 heteroatoms. The molecule has 11 nitrogen and oxygen atoms in total. The number of carbonyl (C=O) groups is 1. The Morgan fingerprint density at radius 2 is 2.09 bits per heavy atom. The molecular formula is C23H30FN7O4. The zero-order chi connectivity index (χ0) is 24.9. The molecule has 1 fully saturated rings. The normalized spacial score (nSPS) is 16.3. The number of nitrogens with one attached hydrogen (secondary N) is 2. The summed E-state index contributed by atoms with van der Waals surface area (Å²) < 4.78 is 25.3. The number of amides is 1. The highest BCUT2D eigenvalue weighted by Crippen LogP contribution is 2.34. The van der Waals surface area contributed by atoms with E-state index in [4.69, 9.17) is 9.47 Å². The molecule has 4 rings (SSSR count). The van der Waals surface area contributed by atoms with Crippen molar-refractivity contribution in [2.45, 2.75) is 44.8 Å². The standard InChI is InChI=1S/C23H30FN7O4/c1-13(11-32)27-21(33)20-28-22(30-23(29-20)35-14(2)12-34-3)31-8-5-15(6-9-31)16-10-26-19-18(16)17(24)4-7-25-19/h4,7,10,13-15,32H,5-6,8-9,11-12H2,1-3H3,(H,25,26)(H,27,33)/t13-,14-/m1/s1. The molecule has 1 aliphatic heterocycles. The van der Waals surface area contributed by atoms with Crippen molar-refractivity contribution in [3.05, 3.63) is 35.7 Å². The van der Waals surface area contributed by atoms with Crippen LogP contribution in [0.25, 0.3) is 11.0 Å². The summed E-state index contributed by atoms with van der Waals surface area (Å²) in [5.41, 5.74) is 1.45. The second-order valence-corrected chi connectivity index (χ2v) is 8.70. The predicted octanol–water partition coefficient (Wildman–Crippen LogP) is 1.80. The zero-order valence-electron chi connectivity index (χ0n) is 20.0. The smallest absolute Gasteiger partial charge is 0.322 e. The van der Waals surface area contributed by atoms with Gasteiger partial charge in [0.25, 0.3) is 5.91 Å². The maximum Gasteiger partial charge on any atom is 0.322 e. The van der Waals surface area contributed by atoms with Gasteiger partial charge in [0.05, 0.1) is 18.6 Å². The largest absolute Gasteiger partial charge is 0.458 e. The van der Waals surface area contributed by atoms with Gasteiger partial charge in [-0.05, 0) is 44.2 Å². The Kier molecular flexibility index (Phi) is 7.71. The van der Waals surface area contributed by atoms with E-state index < -0.39 is 11.9 Å². The fourth-order valence-electron chi connectivity index (χ4n) is 4.18. The maximum absolute atomic E-state index is 14.4. The number of rotatable bonds is 9. The van der Waals surface area contributed by atoms with Gasteiger partial charge in [-0.2, -0.15) is 15.0 Å². The number of hydrogen-bond acceptors (Lipinski definition) is 9. The van der Waals surface area contributed by atoms with Crippen LogP contribution in [0.5, 0.6) is 6.01 Å². The molecule has 188 valence electrons. The summed E-state index contributed by atoms with van der Waals surface area (Å²) in [6.07, 6.45) is 4.43. The fourth-order valence-corrected chi connectivity index (χ4v) is 4.18. The number of halogens is 1. The number of carbonyl (C=O) groups excluding carboxylic acids is 1. The number of pyridine rings is 1. The number of ether oxygens (including phenoxy) is 2. The van der Waals surface area contributed by atoms with Crippen molar-refractivity contribution in [3.63, 3.8) is 0 Å². The molecule has 3 N–H and O–H groups in total. The maximum atomic E-state index is 14.4. The third-order valence-electron chi connectivity index (χ3n) is 5.94. The number of hydrogen-bond donors (Lipinski definition) is 3. The molecule has 3 aromatic heterocycles. The van der Waals surface area contributed by atoms with Crippen LogP contribution in [0.3, 0.4) is 0 Å². The summed E-state index contributed by atoms with van der Waals surface area (Å²) in [4.78, 5) is 34.9. The number of piperidine rings is 1. The average Bonchev–Trinajstić information content (AvgIpc) is 3.29. The molecule has 2 atom stereocenters. The lowest BCUT2D eigenvalue weighted by atomic mass is 9.89. The Bertz CT molecular complexity index is 1170. The highest BCUT2D eigenvalue weighted by Gasteiger charge is 2.27. The van der Waals surface area contributed by atoms with Gasteiger partial charge < -0.3 is 29.8 Å². The lowest BCUT2D eigenvalue weighted by Crippen LogP contribution is -2.38. The van der Waals surface area contributed by atoms with Gasteiger partial charge in [-0.25, -0.2) is 9.37 Å². The van der Waals surface area contributed by atoms with Crippen molar-refractivity contribution in [1.29, 1.82) is 0 Å². The molecule has 0 radical (unpaired) electrons. The summed E-state index contributed by atoms with van der Waals surface area (Å²) >= 11 is 0. The predicted molar refractivity (Wildman–Crippen MR) is 126 cm³/mol. The van der Waals surface area contributed by atoms with Crippen molar-refractivity contribution >= 4 is 22.9 Å². The molecule has 0 aliphatic carbocycles. The Labute approximate surface area is 202 Å². The lowest BCUT2D eigenvalue weighted by molar-refractivity contribution is 0.0833. The number of H-pyrrole nitrogens is 1. The zero-order valence-corrected chi connectivity index (χ0v) is 20.0. The number of aromatic nitrogens is 5. The van der Waals surface area contributed by atoms with Crippen molar-refractivity contribution in [1.82, 2.24) is 30.2 Å². The van der Waals surface area contributed by atoms with Crippen LogP contribution in [-0.4, -0.2) is 81.5 Å². The second-order valence-electron chi connectivity index (χ2n) is 8.70.